The molecule has 1 rings (SSSR count). The number of nitrogens with two attached hydrogens (primary N) is 1. The van der Waals surface area contributed by atoms with E-state index in [9.17, 15) is 8.42 Å². The van der Waals surface area contributed by atoms with E-state index in [0.29, 0.717) is 5.75 Å². The van der Waals surface area contributed by atoms with Crippen LogP contribution in [-0.2, 0) is 16.6 Å². The third-order valence-corrected chi connectivity index (χ3v) is 3.51. The molecule has 0 fully saturated rings. The lowest BCUT2D eigenvalue weighted by Crippen LogP contribution is -2.24. The van der Waals surface area contributed by atoms with Gasteiger partial charge in [-0.25, -0.2) is 13.1 Å². The van der Waals surface area contributed by atoms with Crippen LogP contribution in [0.2, 0.25) is 0 Å². The summed E-state index contributed by atoms with van der Waals surface area (Å²) < 4.78 is 30.4. The molecule has 0 atom stereocenters. The largest absolute Gasteiger partial charge is 0.497 e. The molecule has 0 unspecified atom stereocenters. The Bertz CT molecular complexity index is 571. The Morgan fingerprint density at radius 2 is 2.11 bits per heavy atom. The summed E-state index contributed by atoms with van der Waals surface area (Å²) in [6.45, 7) is 0.0747. The zero-order valence-electron chi connectivity index (χ0n) is 9.75. The number of nitriles is 1. The Labute approximate surface area is 106 Å². The van der Waals surface area contributed by atoms with Crippen LogP contribution in [0.15, 0.2) is 35.4 Å². The maximum absolute atomic E-state index is 11.6. The Kier molecular flexibility index (Phi) is 4.71. The molecule has 0 bridgehead atoms. The molecular weight excluding hydrogens is 254 g/mol. The van der Waals surface area contributed by atoms with E-state index in [1.54, 1.807) is 31.4 Å². The van der Waals surface area contributed by atoms with Crippen LogP contribution in [0.25, 0.3) is 0 Å². The number of hydrogen-bond donors (Lipinski definition) is 2. The molecule has 0 saturated carbocycles. The molecule has 0 saturated heterocycles. The fourth-order valence-electron chi connectivity index (χ4n) is 1.19. The monoisotopic (exact) mass is 267 g/mol. The topological polar surface area (TPSA) is 105 Å². The summed E-state index contributed by atoms with van der Waals surface area (Å²) >= 11 is 0. The lowest BCUT2D eigenvalue weighted by molar-refractivity contribution is 0.414. The van der Waals surface area contributed by atoms with Crippen LogP contribution < -0.4 is 15.2 Å². The van der Waals surface area contributed by atoms with E-state index >= 15 is 0 Å². The molecule has 0 heterocycles. The number of rotatable bonds is 5. The van der Waals surface area contributed by atoms with Gasteiger partial charge in [0.2, 0.25) is 0 Å². The van der Waals surface area contributed by atoms with Gasteiger partial charge in [-0.05, 0) is 17.7 Å². The van der Waals surface area contributed by atoms with Crippen molar-refractivity contribution in [2.75, 3.05) is 7.11 Å². The molecule has 3 N–H and O–H groups in total. The molecule has 6 nitrogen and oxygen atoms in total. The van der Waals surface area contributed by atoms with Crippen molar-refractivity contribution in [3.63, 3.8) is 0 Å². The average molecular weight is 267 g/mol. The van der Waals surface area contributed by atoms with E-state index in [0.717, 1.165) is 11.8 Å². The molecule has 0 aromatic heterocycles. The van der Waals surface area contributed by atoms with Crippen molar-refractivity contribution in [1.82, 2.24) is 4.72 Å². The van der Waals surface area contributed by atoms with Gasteiger partial charge in [0.15, 0.2) is 4.91 Å². The fraction of sp³-hybridized carbons (Fsp3) is 0.182. The van der Waals surface area contributed by atoms with Crippen molar-refractivity contribution in [2.24, 2.45) is 5.73 Å². The zero-order chi connectivity index (χ0) is 13.6. The third kappa shape index (κ3) is 3.48. The highest BCUT2D eigenvalue weighted by Gasteiger charge is 2.16. The smallest absolute Gasteiger partial charge is 0.252 e. The molecule has 0 aliphatic carbocycles. The first kappa shape index (κ1) is 14.0. The number of nitrogens with one attached hydrogen (secondary N) is 1. The van der Waals surface area contributed by atoms with Crippen LogP contribution in [0.4, 0.5) is 0 Å². The zero-order valence-corrected chi connectivity index (χ0v) is 10.6. The SMILES string of the molecule is COc1ccc(CNS(=O)(=O)/C(C#N)=C/N)cc1. The van der Waals surface area contributed by atoms with E-state index in [-0.39, 0.29) is 6.54 Å². The van der Waals surface area contributed by atoms with Gasteiger partial charge in [-0.3, -0.25) is 0 Å². The van der Waals surface area contributed by atoms with E-state index in [4.69, 9.17) is 15.7 Å². The second-order valence-corrected chi connectivity index (χ2v) is 5.05. The average Bonchev–Trinajstić information content (AvgIpc) is 2.38. The number of methoxy groups -OCH3 is 1. The molecule has 18 heavy (non-hydrogen) atoms. The Morgan fingerprint density at radius 3 is 2.56 bits per heavy atom. The summed E-state index contributed by atoms with van der Waals surface area (Å²) in [4.78, 5) is -0.504. The lowest BCUT2D eigenvalue weighted by Gasteiger charge is -2.06. The van der Waals surface area contributed by atoms with E-state index in [2.05, 4.69) is 4.72 Å². The maximum atomic E-state index is 11.6. The fourth-order valence-corrected chi connectivity index (χ4v) is 2.00. The summed E-state index contributed by atoms with van der Waals surface area (Å²) in [5.74, 6) is 0.682. The van der Waals surface area contributed by atoms with Crippen LogP contribution in [0.1, 0.15) is 5.56 Å². The van der Waals surface area contributed by atoms with Gasteiger partial charge in [0.05, 0.1) is 7.11 Å². The standard InChI is InChI=1S/C11H13N3O3S/c1-17-10-4-2-9(3-5-10)8-14-18(15,16)11(6-12)7-13/h2-6,14H,8,12H2,1H3/b11-6+. The molecule has 7 heteroatoms. The number of nitrogens with zero attached hydrogens (tertiary/aromatic N) is 1. The van der Waals surface area contributed by atoms with Crippen LogP contribution in [-0.4, -0.2) is 15.5 Å². The van der Waals surface area contributed by atoms with Crippen LogP contribution >= 0.6 is 0 Å². The first-order chi connectivity index (χ1) is 8.53. The van der Waals surface area contributed by atoms with Crippen molar-refractivity contribution >= 4 is 10.0 Å². The molecule has 0 spiro atoms. The molecule has 96 valence electrons. The van der Waals surface area contributed by atoms with E-state index in [1.807, 2.05) is 0 Å². The molecule has 0 amide bonds. The molecule has 0 radical (unpaired) electrons. The van der Waals surface area contributed by atoms with Crippen molar-refractivity contribution < 1.29 is 13.2 Å². The molecule has 1 aromatic carbocycles. The number of ether oxygens (including phenoxy) is 1. The minimum atomic E-state index is -3.84. The number of sulfonamides is 1. The Hall–Kier alpha value is -2.04. The Balaban J connectivity index is 2.73. The first-order valence-electron chi connectivity index (χ1n) is 4.98. The van der Waals surface area contributed by atoms with Crippen LogP contribution in [0.3, 0.4) is 0 Å². The summed E-state index contributed by atoms with van der Waals surface area (Å²) in [6.07, 6.45) is 0.760. The molecule has 1 aromatic rings. The van der Waals surface area contributed by atoms with Gasteiger partial charge in [0.1, 0.15) is 11.8 Å². The molecule has 0 aliphatic rings. The molecule has 0 aliphatic heterocycles. The highest BCUT2D eigenvalue weighted by molar-refractivity contribution is 7.93. The first-order valence-corrected chi connectivity index (χ1v) is 6.46. The van der Waals surface area contributed by atoms with Gasteiger partial charge < -0.3 is 10.5 Å². The quantitative estimate of drug-likeness (QED) is 0.753. The number of benzene rings is 1. The van der Waals surface area contributed by atoms with Crippen LogP contribution in [0, 0.1) is 11.3 Å². The predicted molar refractivity (Wildman–Crippen MR) is 66.6 cm³/mol. The van der Waals surface area contributed by atoms with Crippen molar-refractivity contribution in [1.29, 1.82) is 5.26 Å². The van der Waals surface area contributed by atoms with Gasteiger partial charge in [0.25, 0.3) is 10.0 Å². The van der Waals surface area contributed by atoms with Gasteiger partial charge in [-0.1, -0.05) is 12.1 Å². The van der Waals surface area contributed by atoms with Gasteiger partial charge in [0, 0.05) is 12.7 Å². The summed E-state index contributed by atoms with van der Waals surface area (Å²) in [6, 6.07) is 8.39. The summed E-state index contributed by atoms with van der Waals surface area (Å²) in [7, 11) is -2.30. The van der Waals surface area contributed by atoms with Gasteiger partial charge in [-0.2, -0.15) is 5.26 Å². The molecular formula is C11H13N3O3S. The van der Waals surface area contributed by atoms with Crippen molar-refractivity contribution in [3.05, 3.63) is 40.9 Å². The minimum absolute atomic E-state index is 0.0747. The number of hydrogen-bond acceptors (Lipinski definition) is 5. The second-order valence-electron chi connectivity index (χ2n) is 3.32. The van der Waals surface area contributed by atoms with Crippen molar-refractivity contribution in [3.8, 4) is 11.8 Å². The van der Waals surface area contributed by atoms with E-state index in [1.165, 1.54) is 6.07 Å². The highest BCUT2D eigenvalue weighted by Crippen LogP contribution is 2.11. The van der Waals surface area contributed by atoms with E-state index < -0.39 is 14.9 Å². The maximum Gasteiger partial charge on any atom is 0.252 e. The highest BCUT2D eigenvalue weighted by atomic mass is 32.2. The normalized spacial score (nSPS) is 11.9. The Morgan fingerprint density at radius 1 is 1.50 bits per heavy atom. The van der Waals surface area contributed by atoms with Gasteiger partial charge in [-0.15, -0.1) is 0 Å². The third-order valence-electron chi connectivity index (χ3n) is 2.18. The summed E-state index contributed by atoms with van der Waals surface area (Å²) in [5.41, 5.74) is 5.80. The van der Waals surface area contributed by atoms with Crippen molar-refractivity contribution in [2.45, 2.75) is 6.54 Å². The lowest BCUT2D eigenvalue weighted by atomic mass is 10.2. The number of allylic oxidation sites excluding steroid dienone is 1. The van der Waals surface area contributed by atoms with Crippen LogP contribution in [0.5, 0.6) is 5.75 Å². The second kappa shape index (κ2) is 6.05. The summed E-state index contributed by atoms with van der Waals surface area (Å²) in [5, 5.41) is 8.59. The predicted octanol–water partition coefficient (Wildman–Crippen LogP) is 0.438. The van der Waals surface area contributed by atoms with Gasteiger partial charge >= 0.3 is 0 Å². The minimum Gasteiger partial charge on any atom is -0.497 e.